The minimum atomic E-state index is 0. The fourth-order valence-electron chi connectivity index (χ4n) is 1.30. The van der Waals surface area contributed by atoms with Crippen LogP contribution in [0.15, 0.2) is 60.7 Å². The van der Waals surface area contributed by atoms with Crippen LogP contribution in [0.25, 0.3) is 11.1 Å². The molecule has 0 aliphatic heterocycles. The lowest BCUT2D eigenvalue weighted by atomic mass is 10.1. The summed E-state index contributed by atoms with van der Waals surface area (Å²) in [5.74, 6) is 0. The smallest absolute Gasteiger partial charge is 0.122 e. The molecule has 0 spiro atoms. The molecule has 0 fully saturated rings. The molecule has 2 nitrogen and oxygen atoms in total. The molecule has 0 aliphatic carbocycles. The zero-order valence-electron chi connectivity index (χ0n) is 9.38. The molecule has 2 rings (SSSR count). The highest BCUT2D eigenvalue weighted by molar-refractivity contribution is 5.62. The maximum absolute atomic E-state index is 7.59. The average molecular weight is 220 g/mol. The van der Waals surface area contributed by atoms with E-state index in [1.54, 1.807) is 12.1 Å². The highest BCUT2D eigenvalue weighted by Gasteiger charge is 1.91. The molecule has 17 heavy (non-hydrogen) atoms. The second kappa shape index (κ2) is 7.68. The van der Waals surface area contributed by atoms with Crippen LogP contribution >= 0.6 is 0 Å². The third-order valence-corrected chi connectivity index (χ3v) is 2.04. The van der Waals surface area contributed by atoms with Gasteiger partial charge in [0.1, 0.15) is 6.42 Å². The van der Waals surface area contributed by atoms with Crippen molar-refractivity contribution < 1.29 is 0 Å². The number of hydrogen-bond donors (Lipinski definition) is 0. The van der Waals surface area contributed by atoms with Crippen molar-refractivity contribution in [3.63, 3.8) is 0 Å². The van der Waals surface area contributed by atoms with E-state index in [9.17, 15) is 0 Å². The van der Waals surface area contributed by atoms with Crippen molar-refractivity contribution in [1.82, 2.24) is 0 Å². The zero-order chi connectivity index (χ0) is 12.3. The van der Waals surface area contributed by atoms with Gasteiger partial charge in [0, 0.05) is 0 Å². The Hall–Kier alpha value is -2.58. The highest BCUT2D eigenvalue weighted by atomic mass is 14.3. The number of hydrogen-bond acceptors (Lipinski definition) is 2. The third-order valence-electron chi connectivity index (χ3n) is 2.04. The molecule has 0 bridgehead atoms. The molecule has 82 valence electrons. The van der Waals surface area contributed by atoms with Gasteiger partial charge >= 0.3 is 0 Å². The molecule has 0 radical (unpaired) electrons. The highest BCUT2D eigenvalue weighted by Crippen LogP contribution is 2.17. The van der Waals surface area contributed by atoms with Crippen molar-refractivity contribution in [2.24, 2.45) is 0 Å². The Morgan fingerprint density at radius 1 is 0.647 bits per heavy atom. The summed E-state index contributed by atoms with van der Waals surface area (Å²) in [6, 6.07) is 24.1. The van der Waals surface area contributed by atoms with Crippen LogP contribution in [-0.2, 0) is 0 Å². The summed E-state index contributed by atoms with van der Waals surface area (Å²) in [5.41, 5.74) is 2.55. The average Bonchev–Trinajstić information content (AvgIpc) is 2.42. The normalized spacial score (nSPS) is 8.12. The van der Waals surface area contributed by atoms with Crippen LogP contribution in [0.1, 0.15) is 6.42 Å². The predicted molar refractivity (Wildman–Crippen MR) is 67.7 cm³/mol. The first kappa shape index (κ1) is 12.5. The second-order valence-corrected chi connectivity index (χ2v) is 3.23. The van der Waals surface area contributed by atoms with Crippen molar-refractivity contribution in [2.45, 2.75) is 6.42 Å². The van der Waals surface area contributed by atoms with Crippen molar-refractivity contribution in [3.05, 3.63) is 60.7 Å². The van der Waals surface area contributed by atoms with E-state index in [0.717, 1.165) is 0 Å². The van der Waals surface area contributed by atoms with Crippen LogP contribution in [0, 0.1) is 22.7 Å². The summed E-state index contributed by atoms with van der Waals surface area (Å²) in [5, 5.41) is 15.2. The first-order valence-electron chi connectivity index (χ1n) is 5.23. The molecule has 0 N–H and O–H groups in total. The van der Waals surface area contributed by atoms with Gasteiger partial charge in [-0.25, -0.2) is 0 Å². The topological polar surface area (TPSA) is 47.6 Å². The molecule has 0 saturated heterocycles. The lowest BCUT2D eigenvalue weighted by molar-refractivity contribution is 1.33. The Bertz CT molecular complexity index is 455. The van der Waals surface area contributed by atoms with Gasteiger partial charge in [-0.2, -0.15) is 10.5 Å². The molecule has 2 aromatic rings. The Balaban J connectivity index is 0.000000249. The van der Waals surface area contributed by atoms with Crippen LogP contribution in [-0.4, -0.2) is 0 Å². The zero-order valence-corrected chi connectivity index (χ0v) is 9.38. The fraction of sp³-hybridized carbons (Fsp3) is 0.0667. The maximum Gasteiger partial charge on any atom is 0.122 e. The lowest BCUT2D eigenvalue weighted by Crippen LogP contribution is -1.73. The van der Waals surface area contributed by atoms with Gasteiger partial charge in [-0.1, -0.05) is 60.7 Å². The quantitative estimate of drug-likeness (QED) is 0.734. The Morgan fingerprint density at radius 2 is 1.00 bits per heavy atom. The van der Waals surface area contributed by atoms with Crippen LogP contribution < -0.4 is 0 Å². The fourth-order valence-corrected chi connectivity index (χ4v) is 1.30. The van der Waals surface area contributed by atoms with Crippen LogP contribution in [0.3, 0.4) is 0 Å². The maximum atomic E-state index is 7.59. The van der Waals surface area contributed by atoms with E-state index in [4.69, 9.17) is 10.5 Å². The summed E-state index contributed by atoms with van der Waals surface area (Å²) in [7, 11) is 0. The van der Waals surface area contributed by atoms with Crippen molar-refractivity contribution in [2.75, 3.05) is 0 Å². The molecular formula is C15H12N2. The molecule has 2 heteroatoms. The predicted octanol–water partition coefficient (Wildman–Crippen LogP) is 3.78. The van der Waals surface area contributed by atoms with Crippen LogP contribution in [0.2, 0.25) is 0 Å². The van der Waals surface area contributed by atoms with E-state index in [1.165, 1.54) is 11.1 Å². The van der Waals surface area contributed by atoms with Crippen molar-refractivity contribution in [3.8, 4) is 23.3 Å². The summed E-state index contributed by atoms with van der Waals surface area (Å²) >= 11 is 0. The largest absolute Gasteiger partial charge is 0.197 e. The van der Waals surface area contributed by atoms with Gasteiger partial charge < -0.3 is 0 Å². The Morgan fingerprint density at radius 3 is 1.24 bits per heavy atom. The standard InChI is InChI=1S/C12H10.C3H2N2/c1-3-7-11(8-4-1)12-9-5-2-6-10-12;4-2-1-3-5/h1-10H;1H2. The van der Waals surface area contributed by atoms with E-state index in [-0.39, 0.29) is 6.42 Å². The van der Waals surface area contributed by atoms with Gasteiger partial charge in [0.05, 0.1) is 12.1 Å². The van der Waals surface area contributed by atoms with Crippen molar-refractivity contribution in [1.29, 1.82) is 10.5 Å². The first-order valence-corrected chi connectivity index (χ1v) is 5.23. The number of benzene rings is 2. The van der Waals surface area contributed by atoms with E-state index in [1.807, 2.05) is 12.1 Å². The molecule has 0 aliphatic rings. The molecule has 0 atom stereocenters. The van der Waals surface area contributed by atoms with Gasteiger partial charge in [0.2, 0.25) is 0 Å². The van der Waals surface area contributed by atoms with Gasteiger partial charge in [-0.3, -0.25) is 0 Å². The molecular weight excluding hydrogens is 208 g/mol. The monoisotopic (exact) mass is 220 g/mol. The van der Waals surface area contributed by atoms with Crippen molar-refractivity contribution >= 4 is 0 Å². The number of nitriles is 2. The van der Waals surface area contributed by atoms with E-state index in [0.29, 0.717) is 0 Å². The van der Waals surface area contributed by atoms with Crippen LogP contribution in [0.4, 0.5) is 0 Å². The first-order chi connectivity index (χ1) is 8.38. The second-order valence-electron chi connectivity index (χ2n) is 3.23. The number of nitrogens with zero attached hydrogens (tertiary/aromatic N) is 2. The molecule has 2 aromatic carbocycles. The minimum absolute atomic E-state index is 0. The number of rotatable bonds is 1. The lowest BCUT2D eigenvalue weighted by Gasteiger charge is -1.98. The summed E-state index contributed by atoms with van der Waals surface area (Å²) in [6.07, 6.45) is 0. The molecule has 0 saturated carbocycles. The third kappa shape index (κ3) is 4.64. The van der Waals surface area contributed by atoms with E-state index < -0.39 is 0 Å². The molecule has 0 heterocycles. The summed E-state index contributed by atoms with van der Waals surface area (Å²) < 4.78 is 0. The minimum Gasteiger partial charge on any atom is -0.197 e. The van der Waals surface area contributed by atoms with E-state index >= 15 is 0 Å². The summed E-state index contributed by atoms with van der Waals surface area (Å²) in [6.45, 7) is 0. The molecule has 0 aromatic heterocycles. The Kier molecular flexibility index (Phi) is 5.64. The van der Waals surface area contributed by atoms with Gasteiger partial charge in [-0.05, 0) is 11.1 Å². The Labute approximate surface area is 101 Å². The van der Waals surface area contributed by atoms with Gasteiger partial charge in [0.25, 0.3) is 0 Å². The van der Waals surface area contributed by atoms with Gasteiger partial charge in [-0.15, -0.1) is 0 Å². The molecule has 0 unspecified atom stereocenters. The molecule has 0 amide bonds. The SMILES string of the molecule is N#CCC#N.c1ccc(-c2ccccc2)cc1. The summed E-state index contributed by atoms with van der Waals surface area (Å²) in [4.78, 5) is 0. The van der Waals surface area contributed by atoms with Crippen LogP contribution in [0.5, 0.6) is 0 Å². The van der Waals surface area contributed by atoms with E-state index in [2.05, 4.69) is 48.5 Å². The van der Waals surface area contributed by atoms with Gasteiger partial charge in [0.15, 0.2) is 0 Å².